The van der Waals surface area contributed by atoms with Gasteiger partial charge in [-0.25, -0.2) is 0 Å². The van der Waals surface area contributed by atoms with Crippen molar-refractivity contribution in [2.75, 3.05) is 6.54 Å². The first-order chi connectivity index (χ1) is 8.97. The van der Waals surface area contributed by atoms with Crippen LogP contribution in [0.2, 0.25) is 0 Å². The van der Waals surface area contributed by atoms with E-state index in [9.17, 15) is 9.59 Å². The summed E-state index contributed by atoms with van der Waals surface area (Å²) in [5.41, 5.74) is 1.12. The van der Waals surface area contributed by atoms with E-state index in [-0.39, 0.29) is 22.3 Å². The van der Waals surface area contributed by atoms with Crippen molar-refractivity contribution < 1.29 is 9.59 Å². The van der Waals surface area contributed by atoms with Crippen LogP contribution >= 0.6 is 27.7 Å². The van der Waals surface area contributed by atoms with Gasteiger partial charge in [-0.1, -0.05) is 39.8 Å². The Labute approximate surface area is 125 Å². The number of amides is 1. The minimum absolute atomic E-state index is 0.0539. The molecule has 0 saturated carbocycles. The maximum absolute atomic E-state index is 12.0. The van der Waals surface area contributed by atoms with Crippen LogP contribution in [0.15, 0.2) is 28.7 Å². The second kappa shape index (κ2) is 6.09. The lowest BCUT2D eigenvalue weighted by molar-refractivity contribution is -0.129. The average Bonchev–Trinajstić information content (AvgIpc) is 2.69. The molecular formula is C14H16BrNO2S. The Bertz CT molecular complexity index is 489. The predicted octanol–water partition coefficient (Wildman–Crippen LogP) is 3.39. The highest BCUT2D eigenvalue weighted by molar-refractivity contribution is 9.10. The van der Waals surface area contributed by atoms with Crippen molar-refractivity contribution >= 4 is 38.7 Å². The zero-order chi connectivity index (χ0) is 14.0. The molecule has 1 unspecified atom stereocenters. The molecule has 1 aliphatic heterocycles. The fourth-order valence-corrected chi connectivity index (χ4v) is 3.50. The topological polar surface area (TPSA) is 37.4 Å². The highest BCUT2D eigenvalue weighted by atomic mass is 79.9. The lowest BCUT2D eigenvalue weighted by Crippen LogP contribution is -2.28. The van der Waals surface area contributed by atoms with Crippen LogP contribution in [0.4, 0.5) is 0 Å². The largest absolute Gasteiger partial charge is 0.335 e. The summed E-state index contributed by atoms with van der Waals surface area (Å²) in [6.07, 6.45) is 0.463. The number of rotatable bonds is 3. The van der Waals surface area contributed by atoms with E-state index in [0.717, 1.165) is 10.0 Å². The number of carbonyl (C=O) groups excluding carboxylic acids is 2. The molecule has 0 aliphatic carbocycles. The quantitative estimate of drug-likeness (QED) is 0.845. The summed E-state index contributed by atoms with van der Waals surface area (Å²) >= 11 is 4.68. The van der Waals surface area contributed by atoms with Crippen molar-refractivity contribution in [2.24, 2.45) is 0 Å². The Balaban J connectivity index is 2.07. The van der Waals surface area contributed by atoms with E-state index in [1.54, 1.807) is 6.92 Å². The third kappa shape index (κ3) is 3.60. The number of benzene rings is 1. The summed E-state index contributed by atoms with van der Waals surface area (Å²) in [5.74, 6) is 0.133. The fourth-order valence-electron chi connectivity index (χ4n) is 2.31. The SMILES string of the molecule is CC(=O)SC1CC(=O)N([C@@H](C)c2ccc(Br)cc2)C1. The van der Waals surface area contributed by atoms with Crippen LogP contribution in [-0.2, 0) is 9.59 Å². The van der Waals surface area contributed by atoms with Crippen molar-refractivity contribution in [1.82, 2.24) is 4.90 Å². The Morgan fingerprint density at radius 3 is 2.63 bits per heavy atom. The Hall–Kier alpha value is -0.810. The van der Waals surface area contributed by atoms with E-state index in [0.29, 0.717) is 13.0 Å². The van der Waals surface area contributed by atoms with Gasteiger partial charge in [0.15, 0.2) is 5.12 Å². The zero-order valence-electron chi connectivity index (χ0n) is 10.9. The standard InChI is InChI=1S/C14H16BrNO2S/c1-9(11-3-5-12(15)6-4-11)16-8-13(7-14(16)18)19-10(2)17/h3-6,9,13H,7-8H2,1-2H3/t9-,13?/m0/s1. The predicted molar refractivity (Wildman–Crippen MR) is 80.9 cm³/mol. The highest BCUT2D eigenvalue weighted by Crippen LogP contribution is 2.31. The smallest absolute Gasteiger partial charge is 0.224 e. The number of likely N-dealkylation sites (tertiary alicyclic amines) is 1. The molecule has 0 N–H and O–H groups in total. The normalized spacial score (nSPS) is 20.7. The first-order valence-electron chi connectivity index (χ1n) is 6.19. The Morgan fingerprint density at radius 2 is 2.05 bits per heavy atom. The first kappa shape index (κ1) is 14.6. The summed E-state index contributed by atoms with van der Waals surface area (Å²) in [7, 11) is 0. The number of carbonyl (C=O) groups is 2. The Morgan fingerprint density at radius 1 is 1.42 bits per heavy atom. The molecule has 0 spiro atoms. The second-order valence-corrected chi connectivity index (χ2v) is 7.10. The molecule has 0 radical (unpaired) electrons. The molecule has 102 valence electrons. The summed E-state index contributed by atoms with van der Waals surface area (Å²) < 4.78 is 1.03. The van der Waals surface area contributed by atoms with Crippen molar-refractivity contribution in [1.29, 1.82) is 0 Å². The van der Waals surface area contributed by atoms with Gasteiger partial charge in [0, 0.05) is 29.6 Å². The van der Waals surface area contributed by atoms with E-state index >= 15 is 0 Å². The molecule has 0 aromatic heterocycles. The van der Waals surface area contributed by atoms with Gasteiger partial charge >= 0.3 is 0 Å². The summed E-state index contributed by atoms with van der Waals surface area (Å²) in [5, 5.41) is 0.179. The van der Waals surface area contributed by atoms with Crippen LogP contribution in [0.5, 0.6) is 0 Å². The van der Waals surface area contributed by atoms with Gasteiger partial charge in [-0.2, -0.15) is 0 Å². The van der Waals surface area contributed by atoms with Crippen molar-refractivity contribution in [2.45, 2.75) is 31.6 Å². The third-order valence-electron chi connectivity index (χ3n) is 3.28. The molecule has 1 saturated heterocycles. The fraction of sp³-hybridized carbons (Fsp3) is 0.429. The van der Waals surface area contributed by atoms with Gasteiger partial charge in [0.25, 0.3) is 0 Å². The maximum Gasteiger partial charge on any atom is 0.224 e. The van der Waals surface area contributed by atoms with E-state index in [1.807, 2.05) is 36.1 Å². The van der Waals surface area contributed by atoms with E-state index in [4.69, 9.17) is 0 Å². The second-order valence-electron chi connectivity index (χ2n) is 4.71. The van der Waals surface area contributed by atoms with Crippen LogP contribution in [0.3, 0.4) is 0 Å². The molecule has 1 aromatic carbocycles. The van der Waals surface area contributed by atoms with E-state index in [1.165, 1.54) is 11.8 Å². The van der Waals surface area contributed by atoms with Gasteiger partial charge in [-0.05, 0) is 24.6 Å². The lowest BCUT2D eigenvalue weighted by atomic mass is 10.1. The molecule has 19 heavy (non-hydrogen) atoms. The molecule has 2 rings (SSSR count). The summed E-state index contributed by atoms with van der Waals surface area (Å²) in [6, 6.07) is 8.06. The van der Waals surface area contributed by atoms with Crippen LogP contribution in [0.1, 0.15) is 31.9 Å². The molecular weight excluding hydrogens is 326 g/mol. The van der Waals surface area contributed by atoms with Crippen LogP contribution in [-0.4, -0.2) is 27.7 Å². The number of hydrogen-bond donors (Lipinski definition) is 0. The van der Waals surface area contributed by atoms with Gasteiger partial charge in [0.1, 0.15) is 0 Å². The number of halogens is 1. The molecule has 0 bridgehead atoms. The van der Waals surface area contributed by atoms with E-state index < -0.39 is 0 Å². The molecule has 2 atom stereocenters. The average molecular weight is 342 g/mol. The molecule has 1 heterocycles. The minimum atomic E-state index is 0.0539. The number of nitrogens with zero attached hydrogens (tertiary/aromatic N) is 1. The van der Waals surface area contributed by atoms with Crippen molar-refractivity contribution in [3.05, 3.63) is 34.3 Å². The monoisotopic (exact) mass is 341 g/mol. The van der Waals surface area contributed by atoms with Gasteiger partial charge in [0.2, 0.25) is 5.91 Å². The molecule has 1 aromatic rings. The molecule has 3 nitrogen and oxygen atoms in total. The van der Waals surface area contributed by atoms with Crippen molar-refractivity contribution in [3.63, 3.8) is 0 Å². The first-order valence-corrected chi connectivity index (χ1v) is 7.87. The van der Waals surface area contributed by atoms with Crippen LogP contribution < -0.4 is 0 Å². The zero-order valence-corrected chi connectivity index (χ0v) is 13.3. The molecule has 5 heteroatoms. The van der Waals surface area contributed by atoms with Gasteiger partial charge in [0.05, 0.1) is 6.04 Å². The third-order valence-corrected chi connectivity index (χ3v) is 4.79. The van der Waals surface area contributed by atoms with Crippen LogP contribution in [0, 0.1) is 0 Å². The lowest BCUT2D eigenvalue weighted by Gasteiger charge is -2.25. The Kier molecular flexibility index (Phi) is 4.68. The minimum Gasteiger partial charge on any atom is -0.335 e. The summed E-state index contributed by atoms with van der Waals surface area (Å²) in [6.45, 7) is 4.23. The van der Waals surface area contributed by atoms with Crippen molar-refractivity contribution in [3.8, 4) is 0 Å². The highest BCUT2D eigenvalue weighted by Gasteiger charge is 2.34. The summed E-state index contributed by atoms with van der Waals surface area (Å²) in [4.78, 5) is 25.0. The molecule has 1 aliphatic rings. The maximum atomic E-state index is 12.0. The van der Waals surface area contributed by atoms with Crippen LogP contribution in [0.25, 0.3) is 0 Å². The van der Waals surface area contributed by atoms with Gasteiger partial charge < -0.3 is 4.90 Å². The van der Waals surface area contributed by atoms with E-state index in [2.05, 4.69) is 15.9 Å². The number of thioether (sulfide) groups is 1. The number of hydrogen-bond acceptors (Lipinski definition) is 3. The molecule has 1 fully saturated rings. The molecule has 1 amide bonds. The van der Waals surface area contributed by atoms with Gasteiger partial charge in [-0.3, -0.25) is 9.59 Å². The van der Waals surface area contributed by atoms with Gasteiger partial charge in [-0.15, -0.1) is 0 Å².